The second kappa shape index (κ2) is 6.91. The largest absolute Gasteiger partial charge is 0.383 e. The van der Waals surface area contributed by atoms with Gasteiger partial charge in [0.25, 0.3) is 0 Å². The molecule has 0 aliphatic carbocycles. The van der Waals surface area contributed by atoms with Gasteiger partial charge in [-0.1, -0.05) is 22.9 Å². The zero-order valence-corrected chi connectivity index (χ0v) is 11.9. The molecule has 0 saturated carbocycles. The Morgan fingerprint density at radius 3 is 3.00 bits per heavy atom. The van der Waals surface area contributed by atoms with Crippen LogP contribution < -0.4 is 5.32 Å². The van der Waals surface area contributed by atoms with Gasteiger partial charge in [0.15, 0.2) is 0 Å². The molecule has 0 aliphatic heterocycles. The van der Waals surface area contributed by atoms with Crippen molar-refractivity contribution in [3.8, 4) is 10.6 Å². The summed E-state index contributed by atoms with van der Waals surface area (Å²) in [5.41, 5.74) is 0.770. The van der Waals surface area contributed by atoms with Gasteiger partial charge in [-0.2, -0.15) is 0 Å². The molecule has 7 heteroatoms. The van der Waals surface area contributed by atoms with Crippen LogP contribution in [0.4, 0.5) is 4.39 Å². The monoisotopic (exact) mass is 301 g/mol. The maximum absolute atomic E-state index is 13.1. The van der Waals surface area contributed by atoms with Gasteiger partial charge in [-0.05, 0) is 18.2 Å². The number of nitrogens with one attached hydrogen (secondary N) is 1. The fourth-order valence-corrected chi connectivity index (χ4v) is 2.43. The number of aromatic nitrogens is 2. The predicted molar refractivity (Wildman–Crippen MR) is 73.9 cm³/mol. The SMILES string of the molecule is COCCNCc1nnc(-c2ccc(F)c(Cl)c2)s1. The molecule has 2 aromatic rings. The summed E-state index contributed by atoms with van der Waals surface area (Å²) in [5.74, 6) is -0.434. The van der Waals surface area contributed by atoms with Crippen LogP contribution >= 0.6 is 22.9 Å². The molecule has 4 nitrogen and oxygen atoms in total. The summed E-state index contributed by atoms with van der Waals surface area (Å²) >= 11 is 7.20. The number of hydrogen-bond acceptors (Lipinski definition) is 5. The summed E-state index contributed by atoms with van der Waals surface area (Å²) in [6, 6.07) is 4.53. The lowest BCUT2D eigenvalue weighted by Crippen LogP contribution is -2.18. The summed E-state index contributed by atoms with van der Waals surface area (Å²) in [4.78, 5) is 0. The lowest BCUT2D eigenvalue weighted by Gasteiger charge is -1.99. The standard InChI is InChI=1S/C12H13ClFN3OS/c1-18-5-4-15-7-11-16-17-12(19-11)8-2-3-10(14)9(13)6-8/h2-3,6,15H,4-5,7H2,1H3. The van der Waals surface area contributed by atoms with Crippen molar-refractivity contribution < 1.29 is 9.13 Å². The van der Waals surface area contributed by atoms with Gasteiger partial charge in [0, 0.05) is 25.8 Å². The molecule has 0 aliphatic rings. The van der Waals surface area contributed by atoms with Crippen LogP contribution in [0, 0.1) is 5.82 Å². The van der Waals surface area contributed by atoms with Gasteiger partial charge in [0.05, 0.1) is 11.6 Å². The van der Waals surface area contributed by atoms with Gasteiger partial charge >= 0.3 is 0 Å². The Hall–Kier alpha value is -1.08. The molecule has 0 bridgehead atoms. The molecule has 1 N–H and O–H groups in total. The van der Waals surface area contributed by atoms with Gasteiger partial charge in [0.2, 0.25) is 0 Å². The van der Waals surface area contributed by atoms with Crippen molar-refractivity contribution in [2.75, 3.05) is 20.3 Å². The molecular weight excluding hydrogens is 289 g/mol. The second-order valence-corrected chi connectivity index (χ2v) is 5.27. The van der Waals surface area contributed by atoms with Crippen molar-refractivity contribution in [3.63, 3.8) is 0 Å². The van der Waals surface area contributed by atoms with E-state index in [1.807, 2.05) is 0 Å². The highest BCUT2D eigenvalue weighted by atomic mass is 35.5. The quantitative estimate of drug-likeness (QED) is 0.834. The Kier molecular flexibility index (Phi) is 5.21. The summed E-state index contributed by atoms with van der Waals surface area (Å²) < 4.78 is 18.0. The minimum Gasteiger partial charge on any atom is -0.383 e. The fraction of sp³-hybridized carbons (Fsp3) is 0.333. The first-order valence-corrected chi connectivity index (χ1v) is 6.87. The molecular formula is C12H13ClFN3OS. The molecule has 0 amide bonds. The summed E-state index contributed by atoms with van der Waals surface area (Å²) in [7, 11) is 1.66. The number of rotatable bonds is 6. The highest BCUT2D eigenvalue weighted by Crippen LogP contribution is 2.27. The molecule has 0 spiro atoms. The number of nitrogens with zero attached hydrogens (tertiary/aromatic N) is 2. The van der Waals surface area contributed by atoms with E-state index in [1.165, 1.54) is 17.4 Å². The van der Waals surface area contributed by atoms with E-state index in [4.69, 9.17) is 16.3 Å². The third kappa shape index (κ3) is 3.94. The van der Waals surface area contributed by atoms with Crippen LogP contribution in [0.25, 0.3) is 10.6 Å². The van der Waals surface area contributed by atoms with E-state index >= 15 is 0 Å². The zero-order chi connectivity index (χ0) is 13.7. The van der Waals surface area contributed by atoms with Crippen LogP contribution in [0.2, 0.25) is 5.02 Å². The van der Waals surface area contributed by atoms with E-state index in [1.54, 1.807) is 19.2 Å². The fourth-order valence-electron chi connectivity index (χ4n) is 1.44. The molecule has 102 valence electrons. The van der Waals surface area contributed by atoms with Gasteiger partial charge < -0.3 is 10.1 Å². The van der Waals surface area contributed by atoms with E-state index in [0.717, 1.165) is 22.1 Å². The van der Waals surface area contributed by atoms with Gasteiger partial charge in [-0.25, -0.2) is 4.39 Å². The van der Waals surface area contributed by atoms with E-state index in [-0.39, 0.29) is 5.02 Å². The van der Waals surface area contributed by atoms with Crippen molar-refractivity contribution in [2.45, 2.75) is 6.54 Å². The average molecular weight is 302 g/mol. The molecule has 0 unspecified atom stereocenters. The highest BCUT2D eigenvalue weighted by molar-refractivity contribution is 7.14. The van der Waals surface area contributed by atoms with Gasteiger partial charge in [0.1, 0.15) is 15.8 Å². The van der Waals surface area contributed by atoms with Crippen LogP contribution in [0.15, 0.2) is 18.2 Å². The number of benzene rings is 1. The van der Waals surface area contributed by atoms with Crippen molar-refractivity contribution in [1.29, 1.82) is 0 Å². The third-order valence-electron chi connectivity index (χ3n) is 2.39. The van der Waals surface area contributed by atoms with Gasteiger partial charge in [-0.15, -0.1) is 10.2 Å². The predicted octanol–water partition coefficient (Wildman–Crippen LogP) is 2.73. The molecule has 1 aromatic carbocycles. The molecule has 2 rings (SSSR count). The van der Waals surface area contributed by atoms with Crippen LogP contribution in [-0.2, 0) is 11.3 Å². The molecule has 0 radical (unpaired) electrons. The van der Waals surface area contributed by atoms with Crippen molar-refractivity contribution in [3.05, 3.63) is 34.0 Å². The molecule has 1 heterocycles. The lowest BCUT2D eigenvalue weighted by atomic mass is 10.2. The smallest absolute Gasteiger partial charge is 0.147 e. The summed E-state index contributed by atoms with van der Waals surface area (Å²) in [6.45, 7) is 2.04. The average Bonchev–Trinajstić information content (AvgIpc) is 2.87. The highest BCUT2D eigenvalue weighted by Gasteiger charge is 2.08. The first-order chi connectivity index (χ1) is 9.20. The first-order valence-electron chi connectivity index (χ1n) is 5.68. The minimum atomic E-state index is -0.434. The van der Waals surface area contributed by atoms with Crippen molar-refractivity contribution in [2.24, 2.45) is 0 Å². The van der Waals surface area contributed by atoms with Crippen LogP contribution in [0.1, 0.15) is 5.01 Å². The Morgan fingerprint density at radius 1 is 1.42 bits per heavy atom. The molecule has 0 saturated heterocycles. The second-order valence-electron chi connectivity index (χ2n) is 3.80. The van der Waals surface area contributed by atoms with Crippen molar-refractivity contribution >= 4 is 22.9 Å². The number of methoxy groups -OCH3 is 1. The normalized spacial score (nSPS) is 10.9. The zero-order valence-electron chi connectivity index (χ0n) is 10.3. The third-order valence-corrected chi connectivity index (χ3v) is 3.65. The Labute approximate surface area is 119 Å². The van der Waals surface area contributed by atoms with E-state index in [9.17, 15) is 4.39 Å². The number of hydrogen-bond donors (Lipinski definition) is 1. The number of ether oxygens (including phenoxy) is 1. The van der Waals surface area contributed by atoms with E-state index in [0.29, 0.717) is 13.2 Å². The first kappa shape index (κ1) is 14.3. The molecule has 0 atom stereocenters. The Balaban J connectivity index is 2.01. The molecule has 1 aromatic heterocycles. The van der Waals surface area contributed by atoms with Crippen molar-refractivity contribution in [1.82, 2.24) is 15.5 Å². The molecule has 19 heavy (non-hydrogen) atoms. The topological polar surface area (TPSA) is 47.0 Å². The maximum atomic E-state index is 13.1. The molecule has 0 fully saturated rings. The van der Waals surface area contributed by atoms with Crippen LogP contribution in [-0.4, -0.2) is 30.5 Å². The minimum absolute atomic E-state index is 0.0902. The van der Waals surface area contributed by atoms with Crippen LogP contribution in [0.3, 0.4) is 0 Å². The van der Waals surface area contributed by atoms with Gasteiger partial charge in [-0.3, -0.25) is 0 Å². The summed E-state index contributed by atoms with van der Waals surface area (Å²) in [6.07, 6.45) is 0. The Bertz CT molecular complexity index is 550. The Morgan fingerprint density at radius 2 is 2.26 bits per heavy atom. The van der Waals surface area contributed by atoms with E-state index in [2.05, 4.69) is 15.5 Å². The number of halogens is 2. The summed E-state index contributed by atoms with van der Waals surface area (Å²) in [5, 5.41) is 13.0. The van der Waals surface area contributed by atoms with Crippen LogP contribution in [0.5, 0.6) is 0 Å². The maximum Gasteiger partial charge on any atom is 0.147 e. The lowest BCUT2D eigenvalue weighted by molar-refractivity contribution is 0.199. The van der Waals surface area contributed by atoms with E-state index < -0.39 is 5.82 Å².